The fourth-order valence-electron chi connectivity index (χ4n) is 1.41. The average Bonchev–Trinajstić information content (AvgIpc) is 2.12. The normalized spacial score (nSPS) is 29.1. The second-order valence-electron chi connectivity index (χ2n) is 2.93. The summed E-state index contributed by atoms with van der Waals surface area (Å²) in [6, 6.07) is -0.110. The van der Waals surface area contributed by atoms with Gasteiger partial charge in [-0.3, -0.25) is 4.79 Å². The molecule has 0 aromatic carbocycles. The predicted molar refractivity (Wildman–Crippen MR) is 42.6 cm³/mol. The molecule has 5 nitrogen and oxygen atoms in total. The Morgan fingerprint density at radius 3 is 3.42 bits per heavy atom. The van der Waals surface area contributed by atoms with Crippen LogP contribution in [0, 0.1) is 0 Å². The quantitative estimate of drug-likeness (QED) is 0.514. The highest BCUT2D eigenvalue weighted by Gasteiger charge is 2.30. The first-order chi connectivity index (χ1) is 5.79. The van der Waals surface area contributed by atoms with Gasteiger partial charge in [-0.1, -0.05) is 0 Å². The second-order valence-corrected chi connectivity index (χ2v) is 2.93. The van der Waals surface area contributed by atoms with Gasteiger partial charge in [-0.15, -0.1) is 0 Å². The summed E-state index contributed by atoms with van der Waals surface area (Å²) in [5, 5.41) is 3.90. The Hall–Kier alpha value is -1.10. The van der Waals surface area contributed by atoms with Crippen molar-refractivity contribution in [3.8, 4) is 0 Å². The summed E-state index contributed by atoms with van der Waals surface area (Å²) < 4.78 is 5.20. The van der Waals surface area contributed by atoms with Crippen molar-refractivity contribution >= 4 is 11.7 Å². The standard InChI is InChI=1S/C7H11N3O2/c1-5-7(11)9-8-6-4-12-3-2-10(5)6/h5H,2-4H2,1H3,(H,9,11). The van der Waals surface area contributed by atoms with Gasteiger partial charge in [0.2, 0.25) is 0 Å². The molecule has 0 spiro atoms. The number of nitrogens with one attached hydrogen (secondary N) is 1. The third-order valence-electron chi connectivity index (χ3n) is 2.18. The van der Waals surface area contributed by atoms with Gasteiger partial charge in [0.25, 0.3) is 5.91 Å². The number of ether oxygens (including phenoxy) is 1. The van der Waals surface area contributed by atoms with Crippen LogP contribution in [0.1, 0.15) is 6.92 Å². The van der Waals surface area contributed by atoms with Crippen molar-refractivity contribution in [2.24, 2.45) is 5.10 Å². The molecule has 1 unspecified atom stereocenters. The van der Waals surface area contributed by atoms with Crippen LogP contribution >= 0.6 is 0 Å². The first kappa shape index (κ1) is 7.54. The topological polar surface area (TPSA) is 53.9 Å². The molecule has 1 amide bonds. The third-order valence-corrected chi connectivity index (χ3v) is 2.18. The number of morpholine rings is 1. The lowest BCUT2D eigenvalue weighted by molar-refractivity contribution is -0.126. The number of rotatable bonds is 0. The van der Waals surface area contributed by atoms with E-state index in [-0.39, 0.29) is 11.9 Å². The van der Waals surface area contributed by atoms with Crippen molar-refractivity contribution in [2.75, 3.05) is 19.8 Å². The molecule has 1 saturated heterocycles. The predicted octanol–water partition coefficient (Wildman–Crippen LogP) is -0.850. The van der Waals surface area contributed by atoms with Crippen LogP contribution in [0.5, 0.6) is 0 Å². The molecule has 1 N–H and O–H groups in total. The first-order valence-corrected chi connectivity index (χ1v) is 4.00. The van der Waals surface area contributed by atoms with Gasteiger partial charge in [0.05, 0.1) is 6.61 Å². The van der Waals surface area contributed by atoms with Gasteiger partial charge in [0.1, 0.15) is 12.6 Å². The molecule has 2 aliphatic rings. The average molecular weight is 169 g/mol. The summed E-state index contributed by atoms with van der Waals surface area (Å²) in [4.78, 5) is 13.1. The molecule has 1 fully saturated rings. The number of hydrogen-bond donors (Lipinski definition) is 1. The van der Waals surface area contributed by atoms with E-state index < -0.39 is 0 Å². The number of hydrogen-bond acceptors (Lipinski definition) is 4. The van der Waals surface area contributed by atoms with Crippen molar-refractivity contribution in [2.45, 2.75) is 13.0 Å². The summed E-state index contributed by atoms with van der Waals surface area (Å²) in [7, 11) is 0. The fourth-order valence-corrected chi connectivity index (χ4v) is 1.41. The van der Waals surface area contributed by atoms with Crippen LogP contribution in [-0.4, -0.2) is 42.4 Å². The molecule has 0 radical (unpaired) electrons. The molecule has 0 aliphatic carbocycles. The van der Waals surface area contributed by atoms with Crippen molar-refractivity contribution in [3.63, 3.8) is 0 Å². The highest BCUT2D eigenvalue weighted by Crippen LogP contribution is 2.09. The van der Waals surface area contributed by atoms with Crippen molar-refractivity contribution < 1.29 is 9.53 Å². The molecule has 0 aromatic rings. The van der Waals surface area contributed by atoms with Crippen molar-refractivity contribution in [1.29, 1.82) is 0 Å². The minimum atomic E-state index is -0.110. The van der Waals surface area contributed by atoms with Gasteiger partial charge < -0.3 is 9.64 Å². The zero-order valence-electron chi connectivity index (χ0n) is 6.91. The molecule has 2 heterocycles. The van der Waals surface area contributed by atoms with Gasteiger partial charge in [-0.05, 0) is 6.92 Å². The van der Waals surface area contributed by atoms with Gasteiger partial charge in [0.15, 0.2) is 5.84 Å². The molecule has 5 heteroatoms. The number of amides is 1. The number of carbonyl (C=O) groups is 1. The minimum Gasteiger partial charge on any atom is -0.372 e. The highest BCUT2D eigenvalue weighted by molar-refractivity contribution is 5.94. The molecule has 0 aromatic heterocycles. The lowest BCUT2D eigenvalue weighted by Gasteiger charge is -2.36. The molecule has 0 saturated carbocycles. The van der Waals surface area contributed by atoms with E-state index in [1.54, 1.807) is 0 Å². The van der Waals surface area contributed by atoms with Crippen LogP contribution in [0.4, 0.5) is 0 Å². The maximum atomic E-state index is 11.1. The summed E-state index contributed by atoms with van der Waals surface area (Å²) >= 11 is 0. The lowest BCUT2D eigenvalue weighted by Crippen LogP contribution is -2.56. The number of amidine groups is 1. The molecule has 2 aliphatic heterocycles. The van der Waals surface area contributed by atoms with E-state index >= 15 is 0 Å². The van der Waals surface area contributed by atoms with Gasteiger partial charge in [0, 0.05) is 6.54 Å². The fraction of sp³-hybridized carbons (Fsp3) is 0.714. The van der Waals surface area contributed by atoms with E-state index in [9.17, 15) is 4.79 Å². The smallest absolute Gasteiger partial charge is 0.262 e. The van der Waals surface area contributed by atoms with E-state index in [0.717, 1.165) is 12.4 Å². The van der Waals surface area contributed by atoms with E-state index in [0.29, 0.717) is 13.2 Å². The van der Waals surface area contributed by atoms with Crippen LogP contribution in [0.2, 0.25) is 0 Å². The van der Waals surface area contributed by atoms with Gasteiger partial charge in [-0.2, -0.15) is 5.10 Å². The molecular weight excluding hydrogens is 158 g/mol. The van der Waals surface area contributed by atoms with Crippen LogP contribution in [0.3, 0.4) is 0 Å². The van der Waals surface area contributed by atoms with Crippen LogP contribution in [-0.2, 0) is 9.53 Å². The van der Waals surface area contributed by atoms with E-state index in [1.165, 1.54) is 0 Å². The molecule has 2 rings (SSSR count). The highest BCUT2D eigenvalue weighted by atomic mass is 16.5. The monoisotopic (exact) mass is 169 g/mol. The van der Waals surface area contributed by atoms with Crippen LogP contribution in [0.15, 0.2) is 5.10 Å². The summed E-state index contributed by atoms with van der Waals surface area (Å²) in [6.07, 6.45) is 0. The number of carbonyl (C=O) groups excluding carboxylic acids is 1. The Morgan fingerprint density at radius 2 is 2.58 bits per heavy atom. The van der Waals surface area contributed by atoms with Crippen LogP contribution < -0.4 is 5.43 Å². The summed E-state index contributed by atoms with van der Waals surface area (Å²) in [5.74, 6) is 0.786. The molecular formula is C7H11N3O2. The summed E-state index contributed by atoms with van der Waals surface area (Å²) in [6.45, 7) is 3.81. The van der Waals surface area contributed by atoms with E-state index in [2.05, 4.69) is 10.5 Å². The Balaban J connectivity index is 2.21. The zero-order chi connectivity index (χ0) is 8.55. The Labute approximate surface area is 70.4 Å². The van der Waals surface area contributed by atoms with Crippen molar-refractivity contribution in [3.05, 3.63) is 0 Å². The Bertz CT molecular complexity index is 239. The number of nitrogens with zero attached hydrogens (tertiary/aromatic N) is 2. The third kappa shape index (κ3) is 1.06. The lowest BCUT2D eigenvalue weighted by atomic mass is 10.2. The first-order valence-electron chi connectivity index (χ1n) is 4.00. The zero-order valence-corrected chi connectivity index (χ0v) is 6.91. The van der Waals surface area contributed by atoms with Crippen LogP contribution in [0.25, 0.3) is 0 Å². The van der Waals surface area contributed by atoms with Gasteiger partial charge in [-0.25, -0.2) is 5.43 Å². The number of hydrazone groups is 1. The van der Waals surface area contributed by atoms with E-state index in [1.807, 2.05) is 11.8 Å². The van der Waals surface area contributed by atoms with Crippen molar-refractivity contribution in [1.82, 2.24) is 10.3 Å². The summed E-state index contributed by atoms with van der Waals surface area (Å²) in [5.41, 5.74) is 2.46. The molecule has 12 heavy (non-hydrogen) atoms. The Kier molecular flexibility index (Phi) is 1.73. The molecule has 66 valence electrons. The maximum Gasteiger partial charge on any atom is 0.262 e. The minimum absolute atomic E-state index is 0.0411. The van der Waals surface area contributed by atoms with Gasteiger partial charge >= 0.3 is 0 Å². The Morgan fingerprint density at radius 1 is 1.75 bits per heavy atom. The molecule has 0 bridgehead atoms. The SMILES string of the molecule is CC1C(=O)NN=C2COCCN21. The molecule has 1 atom stereocenters. The van der Waals surface area contributed by atoms with E-state index in [4.69, 9.17) is 4.74 Å². The maximum absolute atomic E-state index is 11.1. The largest absolute Gasteiger partial charge is 0.372 e. The number of fused-ring (bicyclic) bond motifs is 1. The second kappa shape index (κ2) is 2.75.